The van der Waals surface area contributed by atoms with Crippen LogP contribution in [-0.2, 0) is 0 Å². The van der Waals surface area contributed by atoms with Crippen LogP contribution in [0.1, 0.15) is 16.1 Å². The number of aryl methyl sites for hydroxylation is 1. The molecule has 0 saturated carbocycles. The molecule has 88 valence electrons. The minimum atomic E-state index is -0.966. The molecule has 1 heterocycles. The van der Waals surface area contributed by atoms with Gasteiger partial charge in [-0.25, -0.2) is 4.79 Å². The van der Waals surface area contributed by atoms with Crippen molar-refractivity contribution < 1.29 is 9.90 Å². The summed E-state index contributed by atoms with van der Waals surface area (Å²) in [5, 5.41) is 9.70. The number of carboxylic acid groups (broad SMARTS) is 1. The highest BCUT2D eigenvalue weighted by molar-refractivity contribution is 14.1. The van der Waals surface area contributed by atoms with Gasteiger partial charge in [0.15, 0.2) is 0 Å². The quantitative estimate of drug-likeness (QED) is 0.828. The van der Waals surface area contributed by atoms with Crippen LogP contribution in [0.3, 0.4) is 0 Å². The van der Waals surface area contributed by atoms with Crippen molar-refractivity contribution in [2.24, 2.45) is 0 Å². The molecular weight excluding hydrogens is 352 g/mol. The lowest BCUT2D eigenvalue weighted by Crippen LogP contribution is -2.07. The molecule has 0 atom stereocenters. The third-order valence-corrected chi connectivity index (χ3v) is 3.33. The van der Waals surface area contributed by atoms with Crippen molar-refractivity contribution in [3.8, 4) is 5.69 Å². The minimum Gasteiger partial charge on any atom is -0.477 e. The molecule has 1 N–H and O–H groups in total. The van der Waals surface area contributed by atoms with E-state index in [1.54, 1.807) is 22.9 Å². The first kappa shape index (κ1) is 12.4. The summed E-state index contributed by atoms with van der Waals surface area (Å²) in [5.74, 6) is -0.966. The molecule has 0 fully saturated rings. The molecule has 0 amide bonds. The number of para-hydroxylation sites is 1. The number of aromatic carboxylic acids is 1. The standard InChI is InChI=1S/C12H9ClINO2/c1-7-3-2-4-9(13)11(7)15-6-8(14)5-10(15)12(16)17/h2-6H,1H3,(H,16,17). The van der Waals surface area contributed by atoms with E-state index in [9.17, 15) is 4.79 Å². The van der Waals surface area contributed by atoms with Crippen molar-refractivity contribution in [1.82, 2.24) is 4.57 Å². The monoisotopic (exact) mass is 361 g/mol. The molecular formula is C12H9ClINO2. The third-order valence-electron chi connectivity index (χ3n) is 2.44. The molecule has 5 heteroatoms. The summed E-state index contributed by atoms with van der Waals surface area (Å²) in [6, 6.07) is 7.11. The number of benzene rings is 1. The summed E-state index contributed by atoms with van der Waals surface area (Å²) in [5.41, 5.74) is 1.87. The molecule has 0 bridgehead atoms. The second kappa shape index (κ2) is 4.70. The van der Waals surface area contributed by atoms with Crippen molar-refractivity contribution >= 4 is 40.2 Å². The summed E-state index contributed by atoms with van der Waals surface area (Å²) in [6.07, 6.45) is 1.76. The number of nitrogens with zero attached hydrogens (tertiary/aromatic N) is 1. The Balaban J connectivity index is 2.72. The lowest BCUT2D eigenvalue weighted by atomic mass is 10.2. The predicted octanol–water partition coefficient (Wildman–Crippen LogP) is 3.74. The smallest absolute Gasteiger partial charge is 0.352 e. The molecule has 0 saturated heterocycles. The van der Waals surface area contributed by atoms with Crippen LogP contribution < -0.4 is 0 Å². The van der Waals surface area contributed by atoms with Gasteiger partial charge in [0.05, 0.1) is 10.7 Å². The summed E-state index contributed by atoms with van der Waals surface area (Å²) in [6.45, 7) is 1.90. The number of carboxylic acids is 1. The molecule has 0 spiro atoms. The molecule has 17 heavy (non-hydrogen) atoms. The highest BCUT2D eigenvalue weighted by atomic mass is 127. The van der Waals surface area contributed by atoms with E-state index in [1.165, 1.54) is 0 Å². The summed E-state index contributed by atoms with van der Waals surface area (Å²) >= 11 is 8.22. The van der Waals surface area contributed by atoms with Gasteiger partial charge in [-0.3, -0.25) is 0 Å². The van der Waals surface area contributed by atoms with Gasteiger partial charge in [0.1, 0.15) is 5.69 Å². The van der Waals surface area contributed by atoms with Crippen molar-refractivity contribution in [3.05, 3.63) is 50.3 Å². The van der Waals surface area contributed by atoms with Gasteiger partial charge in [-0.1, -0.05) is 23.7 Å². The van der Waals surface area contributed by atoms with Crippen LogP contribution in [0.4, 0.5) is 0 Å². The fourth-order valence-electron chi connectivity index (χ4n) is 1.71. The van der Waals surface area contributed by atoms with E-state index in [2.05, 4.69) is 22.6 Å². The van der Waals surface area contributed by atoms with Crippen LogP contribution in [0.2, 0.25) is 5.02 Å². The van der Waals surface area contributed by atoms with Gasteiger partial charge in [-0.05, 0) is 47.2 Å². The van der Waals surface area contributed by atoms with Crippen LogP contribution in [0.25, 0.3) is 5.69 Å². The molecule has 0 radical (unpaired) electrons. The first-order chi connectivity index (χ1) is 8.00. The number of hydrogen-bond acceptors (Lipinski definition) is 1. The van der Waals surface area contributed by atoms with Gasteiger partial charge in [-0.2, -0.15) is 0 Å². The Morgan fingerprint density at radius 3 is 2.76 bits per heavy atom. The van der Waals surface area contributed by atoms with Gasteiger partial charge >= 0.3 is 5.97 Å². The largest absolute Gasteiger partial charge is 0.477 e. The fourth-order valence-corrected chi connectivity index (χ4v) is 2.59. The topological polar surface area (TPSA) is 42.2 Å². The normalized spacial score (nSPS) is 10.5. The molecule has 1 aromatic heterocycles. The maximum Gasteiger partial charge on any atom is 0.352 e. The van der Waals surface area contributed by atoms with Gasteiger partial charge in [0, 0.05) is 9.77 Å². The minimum absolute atomic E-state index is 0.214. The Morgan fingerprint density at radius 2 is 2.18 bits per heavy atom. The number of aromatic nitrogens is 1. The lowest BCUT2D eigenvalue weighted by molar-refractivity contribution is 0.0688. The molecule has 0 unspecified atom stereocenters. The molecule has 0 aliphatic rings. The van der Waals surface area contributed by atoms with E-state index in [1.807, 2.05) is 19.1 Å². The second-order valence-corrected chi connectivity index (χ2v) is 5.28. The number of rotatable bonds is 2. The van der Waals surface area contributed by atoms with Gasteiger partial charge in [-0.15, -0.1) is 0 Å². The Bertz CT molecular complexity index is 572. The Morgan fingerprint density at radius 1 is 1.47 bits per heavy atom. The molecule has 0 aliphatic carbocycles. The van der Waals surface area contributed by atoms with Crippen molar-refractivity contribution in [2.75, 3.05) is 0 Å². The molecule has 2 aromatic rings. The maximum atomic E-state index is 11.2. The van der Waals surface area contributed by atoms with Crippen LogP contribution in [-0.4, -0.2) is 15.6 Å². The predicted molar refractivity (Wildman–Crippen MR) is 75.2 cm³/mol. The Kier molecular flexibility index (Phi) is 3.44. The van der Waals surface area contributed by atoms with E-state index in [0.29, 0.717) is 5.02 Å². The molecule has 3 nitrogen and oxygen atoms in total. The van der Waals surface area contributed by atoms with Crippen LogP contribution in [0.15, 0.2) is 30.5 Å². The highest BCUT2D eigenvalue weighted by Gasteiger charge is 2.16. The van der Waals surface area contributed by atoms with E-state index in [0.717, 1.165) is 14.8 Å². The van der Waals surface area contributed by atoms with Crippen LogP contribution >= 0.6 is 34.2 Å². The third kappa shape index (κ3) is 2.32. The zero-order chi connectivity index (χ0) is 12.6. The average Bonchev–Trinajstić information content (AvgIpc) is 2.60. The number of halogens is 2. The number of hydrogen-bond donors (Lipinski definition) is 1. The van der Waals surface area contributed by atoms with Crippen molar-refractivity contribution in [3.63, 3.8) is 0 Å². The molecule has 2 rings (SSSR count). The summed E-state index contributed by atoms with van der Waals surface area (Å²) < 4.78 is 2.47. The summed E-state index contributed by atoms with van der Waals surface area (Å²) in [7, 11) is 0. The van der Waals surface area contributed by atoms with Crippen molar-refractivity contribution in [1.29, 1.82) is 0 Å². The fraction of sp³-hybridized carbons (Fsp3) is 0.0833. The average molecular weight is 362 g/mol. The molecule has 1 aromatic carbocycles. The van der Waals surface area contributed by atoms with Crippen molar-refractivity contribution in [2.45, 2.75) is 6.92 Å². The van der Waals surface area contributed by atoms with Gasteiger partial charge in [0.2, 0.25) is 0 Å². The Labute approximate surface area is 117 Å². The van der Waals surface area contributed by atoms with E-state index in [4.69, 9.17) is 16.7 Å². The maximum absolute atomic E-state index is 11.2. The first-order valence-corrected chi connectivity index (χ1v) is 6.33. The SMILES string of the molecule is Cc1cccc(Cl)c1-n1cc(I)cc1C(=O)O. The number of carbonyl (C=O) groups is 1. The van der Waals surface area contributed by atoms with E-state index in [-0.39, 0.29) is 5.69 Å². The summed E-state index contributed by atoms with van der Waals surface area (Å²) in [4.78, 5) is 11.2. The van der Waals surface area contributed by atoms with Crippen LogP contribution in [0.5, 0.6) is 0 Å². The van der Waals surface area contributed by atoms with E-state index >= 15 is 0 Å². The lowest BCUT2D eigenvalue weighted by Gasteiger charge is -2.11. The van der Waals surface area contributed by atoms with Gasteiger partial charge < -0.3 is 9.67 Å². The first-order valence-electron chi connectivity index (χ1n) is 4.87. The Hall–Kier alpha value is -1.01. The zero-order valence-electron chi connectivity index (χ0n) is 8.95. The van der Waals surface area contributed by atoms with Crippen LogP contribution in [0, 0.1) is 10.5 Å². The van der Waals surface area contributed by atoms with E-state index < -0.39 is 5.97 Å². The molecule has 0 aliphatic heterocycles. The highest BCUT2D eigenvalue weighted by Crippen LogP contribution is 2.27. The van der Waals surface area contributed by atoms with Gasteiger partial charge in [0.25, 0.3) is 0 Å². The zero-order valence-corrected chi connectivity index (χ0v) is 11.9. The second-order valence-electron chi connectivity index (χ2n) is 3.62.